The minimum Gasteiger partial charge on any atom is -0.394 e. The number of ether oxygens (including phenoxy) is 1. The highest BCUT2D eigenvalue weighted by atomic mass is 32.2. The van der Waals surface area contributed by atoms with E-state index in [0.29, 0.717) is 11.7 Å². The Morgan fingerprint density at radius 1 is 1.55 bits per heavy atom. The molecule has 2 saturated heterocycles. The number of fused-ring (bicyclic) bond motifs is 1. The number of aliphatic hydroxyl groups excluding tert-OH is 2. The third kappa shape index (κ3) is 3.43. The summed E-state index contributed by atoms with van der Waals surface area (Å²) >= 11 is 1.29. The van der Waals surface area contributed by atoms with Gasteiger partial charge in [0.05, 0.1) is 18.9 Å². The Morgan fingerprint density at radius 2 is 2.25 bits per heavy atom. The Morgan fingerprint density at radius 3 is 2.80 bits per heavy atom. The van der Waals surface area contributed by atoms with E-state index in [1.165, 1.54) is 11.8 Å². The molecule has 10 heteroatoms. The zero-order valence-electron chi connectivity index (χ0n) is 11.1. The van der Waals surface area contributed by atoms with Crippen LogP contribution in [0.5, 0.6) is 0 Å². The molecule has 8 nitrogen and oxygen atoms in total. The molecule has 0 unspecified atom stereocenters. The lowest BCUT2D eigenvalue weighted by Gasteiger charge is -2.39. The van der Waals surface area contributed by atoms with Gasteiger partial charge in [-0.05, 0) is 6.92 Å². The molecular formula is C10H18N2O6S2. The molecule has 0 aromatic heterocycles. The largest absolute Gasteiger partial charge is 0.394 e. The molecule has 0 bridgehead atoms. The summed E-state index contributed by atoms with van der Waals surface area (Å²) in [6, 6.07) is -0.544. The van der Waals surface area contributed by atoms with Crippen LogP contribution < -0.4 is 5.32 Å². The number of aliphatic imine (C=N–C) groups is 1. The Balaban J connectivity index is 2.23. The van der Waals surface area contributed by atoms with Gasteiger partial charge in [0.2, 0.25) is 0 Å². The van der Waals surface area contributed by atoms with E-state index >= 15 is 0 Å². The van der Waals surface area contributed by atoms with E-state index in [4.69, 9.17) is 8.92 Å². The summed E-state index contributed by atoms with van der Waals surface area (Å²) in [5.41, 5.74) is -0.465. The van der Waals surface area contributed by atoms with Crippen LogP contribution in [-0.2, 0) is 19.0 Å². The van der Waals surface area contributed by atoms with Crippen molar-refractivity contribution in [3.05, 3.63) is 0 Å². The van der Waals surface area contributed by atoms with Crippen LogP contribution >= 0.6 is 11.8 Å². The van der Waals surface area contributed by atoms with Crippen molar-refractivity contribution >= 4 is 27.0 Å². The maximum Gasteiger partial charge on any atom is 0.264 e. The van der Waals surface area contributed by atoms with Crippen molar-refractivity contribution in [1.29, 1.82) is 0 Å². The number of thioether (sulfide) groups is 1. The smallest absolute Gasteiger partial charge is 0.264 e. The monoisotopic (exact) mass is 326 g/mol. The molecule has 2 heterocycles. The highest BCUT2D eigenvalue weighted by molar-refractivity contribution is 8.14. The summed E-state index contributed by atoms with van der Waals surface area (Å²) in [7, 11) is -3.74. The van der Waals surface area contributed by atoms with Crippen molar-refractivity contribution in [2.75, 3.05) is 19.4 Å². The second-order valence-electron chi connectivity index (χ2n) is 4.55. The predicted molar refractivity (Wildman–Crippen MR) is 74.0 cm³/mol. The summed E-state index contributed by atoms with van der Waals surface area (Å²) in [4.78, 5) is 4.19. The molecule has 0 spiro atoms. The first-order chi connectivity index (χ1) is 9.35. The number of hydrogen-bond donors (Lipinski definition) is 3. The first kappa shape index (κ1) is 16.0. The van der Waals surface area contributed by atoms with Gasteiger partial charge in [-0.3, -0.25) is 9.18 Å². The molecule has 2 aliphatic rings. The van der Waals surface area contributed by atoms with E-state index in [2.05, 4.69) is 10.3 Å². The van der Waals surface area contributed by atoms with Gasteiger partial charge in [0, 0.05) is 6.54 Å². The van der Waals surface area contributed by atoms with Gasteiger partial charge in [0.1, 0.15) is 23.7 Å². The highest BCUT2D eigenvalue weighted by Crippen LogP contribution is 2.35. The van der Waals surface area contributed by atoms with Gasteiger partial charge < -0.3 is 20.3 Å². The number of rotatable bonds is 4. The first-order valence-corrected chi connectivity index (χ1v) is 8.85. The first-order valence-electron chi connectivity index (χ1n) is 6.16. The second-order valence-corrected chi connectivity index (χ2v) is 7.24. The minimum absolute atomic E-state index is 0.422. The van der Waals surface area contributed by atoms with Crippen molar-refractivity contribution in [1.82, 2.24) is 5.32 Å². The minimum atomic E-state index is -3.74. The molecule has 0 aromatic rings. The summed E-state index contributed by atoms with van der Waals surface area (Å²) in [5.74, 6) is 0. The lowest BCUT2D eigenvalue weighted by Crippen LogP contribution is -2.61. The van der Waals surface area contributed by atoms with Crippen molar-refractivity contribution in [2.24, 2.45) is 4.99 Å². The summed E-state index contributed by atoms with van der Waals surface area (Å²) in [5, 5.41) is 22.9. The van der Waals surface area contributed by atoms with E-state index < -0.39 is 46.5 Å². The van der Waals surface area contributed by atoms with E-state index in [9.17, 15) is 18.6 Å². The fourth-order valence-corrected chi connectivity index (χ4v) is 3.98. The molecule has 0 amide bonds. The van der Waals surface area contributed by atoms with Crippen LogP contribution in [-0.4, -0.2) is 73.0 Å². The summed E-state index contributed by atoms with van der Waals surface area (Å²) < 4.78 is 33.2. The topological polar surface area (TPSA) is 117 Å². The lowest BCUT2D eigenvalue weighted by molar-refractivity contribution is -0.158. The van der Waals surface area contributed by atoms with E-state index in [1.807, 2.05) is 6.92 Å². The van der Waals surface area contributed by atoms with Crippen molar-refractivity contribution in [3.8, 4) is 0 Å². The van der Waals surface area contributed by atoms with Crippen LogP contribution in [0.25, 0.3) is 0 Å². The molecule has 0 radical (unpaired) electrons. The molecule has 2 aliphatic heterocycles. The second kappa shape index (κ2) is 6.16. The molecule has 116 valence electrons. The van der Waals surface area contributed by atoms with E-state index in [1.54, 1.807) is 0 Å². The fraction of sp³-hybridized carbons (Fsp3) is 0.900. The number of nitrogens with one attached hydrogen (secondary N) is 1. The maximum absolute atomic E-state index is 11.3. The number of aliphatic hydroxyl groups is 2. The standard InChI is InChI=1S/C10H18N2O6S2/c1-3-11-10-12-6-8(18-20(2,15)16)7(14)5(4-13)17-9(6)19-10/h5-9,13-14H,3-4H2,1-2H3,(H,11,12)/t5-,6-,7-,8-,9-/m1/s1. The van der Waals surface area contributed by atoms with Crippen LogP contribution in [0.1, 0.15) is 6.92 Å². The quantitative estimate of drug-likeness (QED) is 0.534. The number of amidine groups is 1. The number of hydrogen-bond acceptors (Lipinski definition) is 8. The van der Waals surface area contributed by atoms with Gasteiger partial charge in [-0.25, -0.2) is 0 Å². The molecule has 5 atom stereocenters. The van der Waals surface area contributed by atoms with Crippen LogP contribution in [0.3, 0.4) is 0 Å². The normalized spacial score (nSPS) is 39.6. The zero-order chi connectivity index (χ0) is 14.9. The summed E-state index contributed by atoms with van der Waals surface area (Å²) in [6.07, 6.45) is -2.25. The molecule has 0 aliphatic carbocycles. The van der Waals surface area contributed by atoms with Crippen LogP contribution in [0, 0.1) is 0 Å². The molecule has 3 N–H and O–H groups in total. The van der Waals surface area contributed by atoms with E-state index in [-0.39, 0.29) is 0 Å². The van der Waals surface area contributed by atoms with Crippen molar-refractivity contribution in [2.45, 2.75) is 36.7 Å². The molecule has 20 heavy (non-hydrogen) atoms. The Kier molecular flexibility index (Phi) is 4.92. The third-order valence-corrected chi connectivity index (χ3v) is 4.64. The van der Waals surface area contributed by atoms with Gasteiger partial charge in [-0.1, -0.05) is 11.8 Å². The maximum atomic E-state index is 11.3. The predicted octanol–water partition coefficient (Wildman–Crippen LogP) is -1.51. The van der Waals surface area contributed by atoms with Crippen molar-refractivity contribution < 1.29 is 27.6 Å². The molecular weight excluding hydrogens is 308 g/mol. The Hall–Kier alpha value is -0.390. The fourth-order valence-electron chi connectivity index (χ4n) is 2.15. The molecule has 0 aromatic carbocycles. The third-order valence-electron chi connectivity index (χ3n) is 2.96. The summed E-state index contributed by atoms with van der Waals surface area (Å²) in [6.45, 7) is 2.01. The van der Waals surface area contributed by atoms with Crippen LogP contribution in [0.15, 0.2) is 4.99 Å². The highest BCUT2D eigenvalue weighted by Gasteiger charge is 2.51. The van der Waals surface area contributed by atoms with Gasteiger partial charge in [-0.2, -0.15) is 8.42 Å². The molecule has 2 fully saturated rings. The Bertz CT molecular complexity index is 482. The van der Waals surface area contributed by atoms with Crippen LogP contribution in [0.4, 0.5) is 0 Å². The SMILES string of the molecule is CCN=C1N[C@@H]2[C@@H](OS(C)(=O)=O)[C@H](O)[C@@H](CO)O[C@@H]2S1. The lowest BCUT2D eigenvalue weighted by atomic mass is 9.98. The van der Waals surface area contributed by atoms with Crippen LogP contribution in [0.2, 0.25) is 0 Å². The molecule has 2 rings (SSSR count). The average molecular weight is 326 g/mol. The zero-order valence-corrected chi connectivity index (χ0v) is 12.7. The van der Waals surface area contributed by atoms with Gasteiger partial charge >= 0.3 is 0 Å². The van der Waals surface area contributed by atoms with Gasteiger partial charge in [-0.15, -0.1) is 0 Å². The van der Waals surface area contributed by atoms with Crippen molar-refractivity contribution in [3.63, 3.8) is 0 Å². The Labute approximate surface area is 121 Å². The van der Waals surface area contributed by atoms with Gasteiger partial charge in [0.15, 0.2) is 5.17 Å². The van der Waals surface area contributed by atoms with Gasteiger partial charge in [0.25, 0.3) is 10.1 Å². The number of nitrogens with zero attached hydrogens (tertiary/aromatic N) is 1. The van der Waals surface area contributed by atoms with E-state index in [0.717, 1.165) is 6.26 Å². The molecule has 0 saturated carbocycles. The average Bonchev–Trinajstić information content (AvgIpc) is 2.74.